The lowest BCUT2D eigenvalue weighted by molar-refractivity contribution is 0.368. The molecule has 8 aromatic rings. The monoisotopic (exact) mass is 740 g/mol. The van der Waals surface area contributed by atoms with Crippen LogP contribution in [-0.4, -0.2) is 16.7 Å². The summed E-state index contributed by atoms with van der Waals surface area (Å²) in [6.45, 7) is -0.723. The third-order valence-corrected chi connectivity index (χ3v) is 11.8. The first-order valence-electron chi connectivity index (χ1n) is 17.1. The van der Waals surface area contributed by atoms with Gasteiger partial charge in [0.15, 0.2) is 23.3 Å². The number of fused-ring (bicyclic) bond motifs is 1. The highest BCUT2D eigenvalue weighted by Gasteiger charge is 2.32. The Labute approximate surface area is 309 Å². The van der Waals surface area contributed by atoms with Gasteiger partial charge in [-0.2, -0.15) is 0 Å². The van der Waals surface area contributed by atoms with Gasteiger partial charge in [-0.15, -0.1) is 0 Å². The van der Waals surface area contributed by atoms with Gasteiger partial charge in [-0.3, -0.25) is 0 Å². The average molecular weight is 741 g/mol. The number of methoxy groups -OCH3 is 1. The Balaban J connectivity index is 1.56. The first-order chi connectivity index (χ1) is 26.4. The molecular weight excluding hydrogens is 710 g/mol. The zero-order valence-corrected chi connectivity index (χ0v) is 29.7. The van der Waals surface area contributed by atoms with E-state index < -0.39 is 49.1 Å². The second-order valence-electron chi connectivity index (χ2n) is 12.5. The summed E-state index contributed by atoms with van der Waals surface area (Å²) in [4.78, 5) is 5.31. The van der Waals surface area contributed by atoms with E-state index in [0.717, 1.165) is 26.7 Å². The number of aromatic nitrogens is 2. The number of hydrogen-bond donors (Lipinski definition) is 0. The molecule has 0 aliphatic heterocycles. The van der Waals surface area contributed by atoms with Crippen LogP contribution in [0.5, 0.6) is 5.75 Å². The molecule has 0 saturated heterocycles. The largest absolute Gasteiger partial charge is 0.496 e. The van der Waals surface area contributed by atoms with Crippen molar-refractivity contribution in [2.75, 3.05) is 7.11 Å². The molecule has 266 valence electrons. The maximum atomic E-state index is 15.7. The van der Waals surface area contributed by atoms with Crippen LogP contribution >= 0.6 is 7.92 Å². The molecule has 0 aliphatic carbocycles. The van der Waals surface area contributed by atoms with Gasteiger partial charge in [0.05, 0.1) is 25.0 Å². The van der Waals surface area contributed by atoms with Crippen LogP contribution in [0.2, 0.25) is 0 Å². The van der Waals surface area contributed by atoms with Crippen molar-refractivity contribution in [3.8, 4) is 39.7 Å². The molecular formula is C45H30F5N2OP. The van der Waals surface area contributed by atoms with Crippen molar-refractivity contribution in [2.24, 2.45) is 0 Å². The fraction of sp³-hybridized carbons (Fsp3) is 0.0444. The highest BCUT2D eigenvalue weighted by atomic mass is 31.1. The molecule has 9 heteroatoms. The maximum absolute atomic E-state index is 15.7. The first-order valence-corrected chi connectivity index (χ1v) is 18.4. The highest BCUT2D eigenvalue weighted by molar-refractivity contribution is 7.80. The van der Waals surface area contributed by atoms with E-state index in [0.29, 0.717) is 33.8 Å². The number of ether oxygens (including phenoxy) is 1. The Kier molecular flexibility index (Phi) is 9.53. The third-order valence-electron chi connectivity index (χ3n) is 9.38. The lowest BCUT2D eigenvalue weighted by Crippen LogP contribution is -2.23. The standard InChI is InChI=1S/C45H30F5N2OP/c1-53-35-26-36(54(30-20-10-4-11-21-30)31-22-12-5-13-23-31)37(33-25-15-14-24-32(33)35)45-51-43(28-16-6-2-7-17-28)44(29-18-8-3-9-19-29)52(45)27-34-38(46)40(48)42(50)41(49)39(34)47/h2-26H,27H2,1H3. The SMILES string of the molecule is COc1cc(P(c2ccccc2)c2ccccc2)c(-c2nc(-c3ccccc3)c(-c3ccccc3)n2Cc2c(F)c(F)c(F)c(F)c2F)c2ccccc12. The minimum absolute atomic E-state index is 0.282. The molecule has 0 spiro atoms. The summed E-state index contributed by atoms with van der Waals surface area (Å²) in [6, 6.07) is 48.0. The predicted octanol–water partition coefficient (Wildman–Crippen LogP) is 10.5. The van der Waals surface area contributed by atoms with Gasteiger partial charge in [0.25, 0.3) is 0 Å². The van der Waals surface area contributed by atoms with Crippen LogP contribution in [0.1, 0.15) is 5.56 Å². The lowest BCUT2D eigenvalue weighted by Gasteiger charge is -2.25. The van der Waals surface area contributed by atoms with Gasteiger partial charge >= 0.3 is 0 Å². The third kappa shape index (κ3) is 6.12. The van der Waals surface area contributed by atoms with E-state index >= 15 is 8.78 Å². The molecule has 0 amide bonds. The summed E-state index contributed by atoms with van der Waals surface area (Å²) in [6.07, 6.45) is 0. The zero-order chi connectivity index (χ0) is 37.3. The van der Waals surface area contributed by atoms with Gasteiger partial charge in [-0.1, -0.05) is 146 Å². The van der Waals surface area contributed by atoms with Gasteiger partial charge in [-0.05, 0) is 30.0 Å². The van der Waals surface area contributed by atoms with E-state index in [1.807, 2.05) is 127 Å². The van der Waals surface area contributed by atoms with Crippen LogP contribution < -0.4 is 20.7 Å². The number of rotatable bonds is 9. The van der Waals surface area contributed by atoms with Crippen LogP contribution in [-0.2, 0) is 6.54 Å². The number of benzene rings is 7. The number of imidazole rings is 1. The summed E-state index contributed by atoms with van der Waals surface area (Å²) >= 11 is 0. The quantitative estimate of drug-likeness (QED) is 0.0638. The van der Waals surface area contributed by atoms with Gasteiger partial charge in [0.2, 0.25) is 5.82 Å². The zero-order valence-electron chi connectivity index (χ0n) is 28.8. The van der Waals surface area contributed by atoms with Crippen molar-refractivity contribution < 1.29 is 26.7 Å². The summed E-state index contributed by atoms with van der Waals surface area (Å²) in [5.74, 6) is -9.15. The molecule has 0 atom stereocenters. The lowest BCUT2D eigenvalue weighted by atomic mass is 10.0. The smallest absolute Gasteiger partial charge is 0.200 e. The molecule has 1 heterocycles. The van der Waals surface area contributed by atoms with Crippen molar-refractivity contribution in [2.45, 2.75) is 6.54 Å². The Hall–Kier alpha value is -6.11. The minimum atomic E-state index is -2.22. The fourth-order valence-electron chi connectivity index (χ4n) is 6.92. The summed E-state index contributed by atoms with van der Waals surface area (Å²) in [5, 5.41) is 4.33. The molecule has 0 unspecified atom stereocenters. The molecule has 0 saturated carbocycles. The second-order valence-corrected chi connectivity index (χ2v) is 14.7. The summed E-state index contributed by atoms with van der Waals surface area (Å²) < 4.78 is 83.2. The van der Waals surface area contributed by atoms with Crippen molar-refractivity contribution >= 4 is 34.6 Å². The first kappa shape index (κ1) is 34.9. The van der Waals surface area contributed by atoms with E-state index in [9.17, 15) is 13.2 Å². The second kappa shape index (κ2) is 14.7. The van der Waals surface area contributed by atoms with E-state index in [-0.39, 0.29) is 5.82 Å². The van der Waals surface area contributed by atoms with Crippen LogP contribution in [0.4, 0.5) is 22.0 Å². The minimum Gasteiger partial charge on any atom is -0.496 e. The molecule has 0 radical (unpaired) electrons. The topological polar surface area (TPSA) is 27.1 Å². The molecule has 0 N–H and O–H groups in total. The maximum Gasteiger partial charge on any atom is 0.200 e. The molecule has 54 heavy (non-hydrogen) atoms. The molecule has 1 aromatic heterocycles. The Morgan fingerprint density at radius 2 is 1.02 bits per heavy atom. The molecule has 0 aliphatic rings. The van der Waals surface area contributed by atoms with Crippen LogP contribution in [0.25, 0.3) is 44.7 Å². The summed E-state index contributed by atoms with van der Waals surface area (Å²) in [5.41, 5.74) is 1.89. The van der Waals surface area contributed by atoms with Crippen molar-refractivity contribution in [3.63, 3.8) is 0 Å². The highest BCUT2D eigenvalue weighted by Crippen LogP contribution is 2.45. The molecule has 0 fully saturated rings. The predicted molar refractivity (Wildman–Crippen MR) is 207 cm³/mol. The molecule has 0 bridgehead atoms. The number of halogens is 5. The number of nitrogens with zero attached hydrogens (tertiary/aromatic N) is 2. The van der Waals surface area contributed by atoms with Crippen molar-refractivity contribution in [1.29, 1.82) is 0 Å². The van der Waals surface area contributed by atoms with Crippen LogP contribution in [0.15, 0.2) is 152 Å². The average Bonchev–Trinajstić information content (AvgIpc) is 3.60. The molecule has 8 rings (SSSR count). The van der Waals surface area contributed by atoms with Crippen molar-refractivity contribution in [1.82, 2.24) is 9.55 Å². The van der Waals surface area contributed by atoms with Crippen molar-refractivity contribution in [3.05, 3.63) is 186 Å². The normalized spacial score (nSPS) is 11.4. The summed E-state index contributed by atoms with van der Waals surface area (Å²) in [7, 11) is 0.257. The van der Waals surface area contributed by atoms with Crippen LogP contribution in [0.3, 0.4) is 0 Å². The van der Waals surface area contributed by atoms with Crippen LogP contribution in [0, 0.1) is 29.1 Å². The van der Waals surface area contributed by atoms with Gasteiger partial charge < -0.3 is 9.30 Å². The Morgan fingerprint density at radius 1 is 0.556 bits per heavy atom. The van der Waals surface area contributed by atoms with E-state index in [2.05, 4.69) is 24.3 Å². The fourth-order valence-corrected chi connectivity index (χ4v) is 9.41. The van der Waals surface area contributed by atoms with E-state index in [1.165, 1.54) is 0 Å². The molecule has 3 nitrogen and oxygen atoms in total. The Bertz CT molecular complexity index is 2550. The van der Waals surface area contributed by atoms with Gasteiger partial charge in [0.1, 0.15) is 11.6 Å². The number of hydrogen-bond acceptors (Lipinski definition) is 2. The van der Waals surface area contributed by atoms with Gasteiger partial charge in [0, 0.05) is 32.9 Å². The molecule has 7 aromatic carbocycles. The van der Waals surface area contributed by atoms with E-state index in [4.69, 9.17) is 9.72 Å². The van der Waals surface area contributed by atoms with Gasteiger partial charge in [-0.25, -0.2) is 26.9 Å². The van der Waals surface area contributed by atoms with E-state index in [1.54, 1.807) is 11.7 Å². The Morgan fingerprint density at radius 3 is 1.56 bits per heavy atom.